The Hall–Kier alpha value is -2.21. The topological polar surface area (TPSA) is 75.7 Å². The van der Waals surface area contributed by atoms with Gasteiger partial charge in [0.25, 0.3) is 11.8 Å². The summed E-state index contributed by atoms with van der Waals surface area (Å²) < 4.78 is 4.91. The van der Waals surface area contributed by atoms with E-state index in [0.717, 1.165) is 4.90 Å². The number of fused-ring (bicyclic) bond motifs is 1. The van der Waals surface area contributed by atoms with Gasteiger partial charge in [-0.15, -0.1) is 0 Å². The van der Waals surface area contributed by atoms with Crippen molar-refractivity contribution in [2.24, 2.45) is 5.92 Å². The van der Waals surface area contributed by atoms with Crippen molar-refractivity contribution in [2.45, 2.75) is 26.3 Å². The average Bonchev–Trinajstić information content (AvgIpc) is 2.77. The minimum atomic E-state index is -0.806. The number of nitrogens with zero attached hydrogens (tertiary/aromatic N) is 1. The Morgan fingerprint density at radius 1 is 1.17 bits per heavy atom. The van der Waals surface area contributed by atoms with Crippen LogP contribution in [-0.4, -0.2) is 48.9 Å². The van der Waals surface area contributed by atoms with Gasteiger partial charge in [0.05, 0.1) is 17.7 Å². The number of nitrogens with one attached hydrogen (secondary N) is 1. The maximum atomic E-state index is 12.6. The van der Waals surface area contributed by atoms with Gasteiger partial charge in [0.1, 0.15) is 6.04 Å². The number of hydrogen-bond acceptors (Lipinski definition) is 4. The molecular formula is C17H22N2O4. The van der Waals surface area contributed by atoms with E-state index in [4.69, 9.17) is 4.74 Å². The van der Waals surface area contributed by atoms with Crippen molar-refractivity contribution in [3.63, 3.8) is 0 Å². The molecule has 6 nitrogen and oxygen atoms in total. The van der Waals surface area contributed by atoms with E-state index in [0.29, 0.717) is 30.7 Å². The molecule has 0 fully saturated rings. The van der Waals surface area contributed by atoms with Crippen LogP contribution in [0.25, 0.3) is 0 Å². The number of rotatable bonds is 7. The largest absolute Gasteiger partial charge is 0.383 e. The van der Waals surface area contributed by atoms with E-state index in [9.17, 15) is 14.4 Å². The molecule has 0 unspecified atom stereocenters. The fraction of sp³-hybridized carbons (Fsp3) is 0.471. The first-order chi connectivity index (χ1) is 11.0. The fourth-order valence-corrected chi connectivity index (χ4v) is 2.66. The lowest BCUT2D eigenvalue weighted by Gasteiger charge is -2.26. The third kappa shape index (κ3) is 3.59. The molecule has 1 aromatic rings. The molecular weight excluding hydrogens is 296 g/mol. The zero-order valence-electron chi connectivity index (χ0n) is 13.7. The first-order valence-corrected chi connectivity index (χ1v) is 7.71. The number of ether oxygens (including phenoxy) is 1. The molecule has 2 rings (SSSR count). The van der Waals surface area contributed by atoms with Crippen LogP contribution in [0.15, 0.2) is 24.3 Å². The van der Waals surface area contributed by atoms with E-state index in [1.807, 2.05) is 13.8 Å². The number of carbonyl (C=O) groups excluding carboxylic acids is 3. The van der Waals surface area contributed by atoms with Crippen molar-refractivity contribution in [1.82, 2.24) is 10.2 Å². The molecule has 0 bridgehead atoms. The van der Waals surface area contributed by atoms with Crippen LogP contribution in [0.5, 0.6) is 0 Å². The van der Waals surface area contributed by atoms with E-state index in [-0.39, 0.29) is 11.8 Å². The van der Waals surface area contributed by atoms with Gasteiger partial charge in [-0.05, 0) is 24.5 Å². The number of benzene rings is 1. The van der Waals surface area contributed by atoms with Crippen LogP contribution in [-0.2, 0) is 9.53 Å². The molecule has 6 heteroatoms. The van der Waals surface area contributed by atoms with Crippen LogP contribution in [0, 0.1) is 5.92 Å². The Kier molecular flexibility index (Phi) is 5.50. The summed E-state index contributed by atoms with van der Waals surface area (Å²) in [5.74, 6) is -0.973. The molecule has 1 atom stereocenters. The highest BCUT2D eigenvalue weighted by molar-refractivity contribution is 6.22. The Balaban J connectivity index is 2.24. The number of imide groups is 1. The number of amides is 3. The van der Waals surface area contributed by atoms with Gasteiger partial charge >= 0.3 is 0 Å². The van der Waals surface area contributed by atoms with Crippen LogP contribution < -0.4 is 5.32 Å². The van der Waals surface area contributed by atoms with Crippen LogP contribution in [0.3, 0.4) is 0 Å². The number of carbonyl (C=O) groups is 3. The van der Waals surface area contributed by atoms with Crippen LogP contribution in [0.2, 0.25) is 0 Å². The summed E-state index contributed by atoms with van der Waals surface area (Å²) in [6, 6.07) is 5.85. The predicted molar refractivity (Wildman–Crippen MR) is 85.1 cm³/mol. The Labute approximate surface area is 135 Å². The first-order valence-electron chi connectivity index (χ1n) is 7.71. The zero-order valence-corrected chi connectivity index (χ0v) is 13.7. The lowest BCUT2D eigenvalue weighted by Crippen LogP contribution is -2.50. The smallest absolute Gasteiger partial charge is 0.262 e. The van der Waals surface area contributed by atoms with Crippen LogP contribution in [0.1, 0.15) is 41.0 Å². The Bertz CT molecular complexity index is 577. The van der Waals surface area contributed by atoms with Gasteiger partial charge in [0.2, 0.25) is 5.91 Å². The lowest BCUT2D eigenvalue weighted by atomic mass is 10.0. The fourth-order valence-electron chi connectivity index (χ4n) is 2.66. The van der Waals surface area contributed by atoms with Crippen molar-refractivity contribution in [3.05, 3.63) is 35.4 Å². The maximum Gasteiger partial charge on any atom is 0.262 e. The summed E-state index contributed by atoms with van der Waals surface area (Å²) >= 11 is 0. The number of methoxy groups -OCH3 is 1. The van der Waals surface area contributed by atoms with Gasteiger partial charge in [-0.3, -0.25) is 19.3 Å². The quantitative estimate of drug-likeness (QED) is 0.610. The highest BCUT2D eigenvalue weighted by Gasteiger charge is 2.42. The molecule has 1 heterocycles. The highest BCUT2D eigenvalue weighted by atomic mass is 16.5. The molecule has 3 amide bonds. The van der Waals surface area contributed by atoms with Gasteiger partial charge in [0, 0.05) is 13.7 Å². The van der Waals surface area contributed by atoms with Crippen LogP contribution in [0.4, 0.5) is 0 Å². The summed E-state index contributed by atoms with van der Waals surface area (Å²) in [7, 11) is 1.54. The minimum Gasteiger partial charge on any atom is -0.383 e. The van der Waals surface area contributed by atoms with Gasteiger partial charge in [-0.25, -0.2) is 0 Å². The van der Waals surface area contributed by atoms with Gasteiger partial charge < -0.3 is 10.1 Å². The Morgan fingerprint density at radius 3 is 2.22 bits per heavy atom. The third-order valence-electron chi connectivity index (χ3n) is 3.74. The van der Waals surface area contributed by atoms with E-state index in [1.54, 1.807) is 31.4 Å². The molecule has 1 N–H and O–H groups in total. The van der Waals surface area contributed by atoms with Gasteiger partial charge in [-0.1, -0.05) is 26.0 Å². The molecule has 124 valence electrons. The van der Waals surface area contributed by atoms with E-state index < -0.39 is 17.9 Å². The van der Waals surface area contributed by atoms with E-state index >= 15 is 0 Å². The van der Waals surface area contributed by atoms with Crippen LogP contribution >= 0.6 is 0 Å². The average molecular weight is 318 g/mol. The second kappa shape index (κ2) is 7.37. The summed E-state index contributed by atoms with van der Waals surface area (Å²) in [4.78, 5) is 38.7. The van der Waals surface area contributed by atoms with Crippen molar-refractivity contribution in [2.75, 3.05) is 20.3 Å². The molecule has 0 spiro atoms. The molecule has 0 aliphatic carbocycles. The molecule has 1 aromatic carbocycles. The Morgan fingerprint density at radius 2 is 1.74 bits per heavy atom. The molecule has 23 heavy (non-hydrogen) atoms. The second-order valence-corrected chi connectivity index (χ2v) is 5.96. The summed E-state index contributed by atoms with van der Waals surface area (Å²) in [6.45, 7) is 4.62. The van der Waals surface area contributed by atoms with Gasteiger partial charge in [-0.2, -0.15) is 0 Å². The molecule has 1 aliphatic rings. The molecule has 0 aromatic heterocycles. The standard InChI is InChI=1S/C17H22N2O4/c1-11(2)10-14(15(20)18-8-9-23-3)19-16(21)12-6-4-5-7-13(12)17(19)22/h4-7,11,14H,8-10H2,1-3H3,(H,18,20)/t14-/m0/s1. The van der Waals surface area contributed by atoms with Crippen molar-refractivity contribution < 1.29 is 19.1 Å². The normalized spacial score (nSPS) is 15.0. The predicted octanol–water partition coefficient (Wildman–Crippen LogP) is 1.46. The maximum absolute atomic E-state index is 12.6. The monoisotopic (exact) mass is 318 g/mol. The SMILES string of the molecule is COCCNC(=O)[C@H](CC(C)C)N1C(=O)c2ccccc2C1=O. The summed E-state index contributed by atoms with van der Waals surface area (Å²) in [5, 5.41) is 2.72. The van der Waals surface area contributed by atoms with Crippen molar-refractivity contribution >= 4 is 17.7 Å². The molecule has 0 saturated carbocycles. The highest BCUT2D eigenvalue weighted by Crippen LogP contribution is 2.26. The minimum absolute atomic E-state index is 0.164. The van der Waals surface area contributed by atoms with E-state index in [1.165, 1.54) is 0 Å². The number of hydrogen-bond donors (Lipinski definition) is 1. The summed E-state index contributed by atoms with van der Waals surface area (Å²) in [6.07, 6.45) is 0.421. The first kappa shape index (κ1) is 17.1. The second-order valence-electron chi connectivity index (χ2n) is 5.96. The molecule has 0 saturated heterocycles. The van der Waals surface area contributed by atoms with Crippen molar-refractivity contribution in [3.8, 4) is 0 Å². The summed E-state index contributed by atoms with van der Waals surface area (Å²) in [5.41, 5.74) is 0.715. The molecule has 1 aliphatic heterocycles. The van der Waals surface area contributed by atoms with Crippen molar-refractivity contribution in [1.29, 1.82) is 0 Å². The lowest BCUT2D eigenvalue weighted by molar-refractivity contribution is -0.125. The molecule has 0 radical (unpaired) electrons. The van der Waals surface area contributed by atoms with E-state index in [2.05, 4.69) is 5.32 Å². The van der Waals surface area contributed by atoms with Gasteiger partial charge in [0.15, 0.2) is 0 Å². The third-order valence-corrected chi connectivity index (χ3v) is 3.74. The zero-order chi connectivity index (χ0) is 17.0.